The van der Waals surface area contributed by atoms with Gasteiger partial charge in [-0.15, -0.1) is 13.2 Å². The fourth-order valence-corrected chi connectivity index (χ4v) is 5.87. The number of pyridine rings is 1. The van der Waals surface area contributed by atoms with E-state index in [-0.39, 0.29) is 18.7 Å². The molecule has 2 N–H and O–H groups in total. The second-order valence-corrected chi connectivity index (χ2v) is 13.1. The highest BCUT2D eigenvalue weighted by Crippen LogP contribution is 2.31. The number of benzene rings is 1. The van der Waals surface area contributed by atoms with Crippen LogP contribution in [0.3, 0.4) is 0 Å². The Hall–Kier alpha value is -4.26. The number of alkyl carbamates (subject to hydrolysis) is 1. The largest absolute Gasteiger partial charge is 0.497 e. The fraction of sp³-hybridized carbons (Fsp3) is 0.500. The van der Waals surface area contributed by atoms with E-state index < -0.39 is 53.7 Å². The average molecular weight is 671 g/mol. The maximum Gasteiger partial charge on any atom is 0.408 e. The number of carbonyl (C=O) groups excluding carboxylic acids is 4. The van der Waals surface area contributed by atoms with Crippen molar-refractivity contribution in [1.82, 2.24) is 20.5 Å². The van der Waals surface area contributed by atoms with E-state index in [9.17, 15) is 19.2 Å². The van der Waals surface area contributed by atoms with Crippen molar-refractivity contribution in [3.8, 4) is 11.5 Å². The lowest BCUT2D eigenvalue weighted by Crippen LogP contribution is -2.56. The third-order valence-electron chi connectivity index (χ3n) is 7.26. The molecule has 0 unspecified atom stereocenters. The SMILES string of the molecule is C=CCCC[C@H](NC(=O)OC(C)(C)C)C(=O)N1C[C@H](Oc2ccnc3cc(OC)ccc23)C[C@H]1C(=O)N[C@@H](CSCC=C)C(=O)OC. The number of unbranched alkanes of at least 4 members (excludes halogenated alkanes) is 1. The number of nitrogens with one attached hydrogen (secondary N) is 2. The van der Waals surface area contributed by atoms with Gasteiger partial charge in [0.1, 0.15) is 41.3 Å². The Labute approximate surface area is 280 Å². The number of nitrogens with zero attached hydrogens (tertiary/aromatic N) is 2. The Balaban J connectivity index is 1.93. The summed E-state index contributed by atoms with van der Waals surface area (Å²) in [5.41, 5.74) is -0.124. The van der Waals surface area contributed by atoms with E-state index in [0.29, 0.717) is 42.0 Å². The molecule has 0 radical (unpaired) electrons. The van der Waals surface area contributed by atoms with E-state index >= 15 is 0 Å². The highest BCUT2D eigenvalue weighted by Gasteiger charge is 2.44. The van der Waals surface area contributed by atoms with Crippen molar-refractivity contribution in [2.24, 2.45) is 0 Å². The van der Waals surface area contributed by atoms with E-state index in [1.54, 1.807) is 64.4 Å². The molecule has 12 nitrogen and oxygen atoms in total. The lowest BCUT2D eigenvalue weighted by molar-refractivity contribution is -0.146. The molecule has 0 spiro atoms. The molecule has 1 saturated heterocycles. The van der Waals surface area contributed by atoms with Gasteiger partial charge in [0, 0.05) is 35.6 Å². The van der Waals surface area contributed by atoms with Crippen LogP contribution in [-0.4, -0.2) is 95.9 Å². The molecule has 0 aliphatic carbocycles. The standard InChI is InChI=1S/C34H46N4O8S/c1-8-10-11-12-25(37-33(42)46-34(3,4)5)31(40)38-20-23(45-29-15-16-35-26-18-22(43-6)13-14-24(26)29)19-28(38)30(39)36-27(32(41)44-7)21-47-17-9-2/h8-9,13-16,18,23,25,27-28H,1-2,10-12,17,19-21H2,3-7H3,(H,36,39)(H,37,42)/t23-,25+,27+,28+/m1/s1. The Morgan fingerprint density at radius 2 is 1.87 bits per heavy atom. The van der Waals surface area contributed by atoms with Gasteiger partial charge in [-0.1, -0.05) is 12.2 Å². The zero-order valence-electron chi connectivity index (χ0n) is 27.8. The molecule has 2 aromatic rings. The fourth-order valence-electron chi connectivity index (χ4n) is 5.11. The number of ether oxygens (including phenoxy) is 4. The number of carbonyl (C=O) groups is 4. The summed E-state index contributed by atoms with van der Waals surface area (Å²) in [5.74, 6) is 0.383. The first kappa shape index (κ1) is 37.2. The number of rotatable bonds is 16. The predicted octanol–water partition coefficient (Wildman–Crippen LogP) is 4.42. The molecule has 1 aliphatic heterocycles. The minimum Gasteiger partial charge on any atom is -0.497 e. The number of hydrogen-bond acceptors (Lipinski definition) is 10. The zero-order chi connectivity index (χ0) is 34.6. The van der Waals surface area contributed by atoms with Crippen LogP contribution in [0, 0.1) is 0 Å². The van der Waals surface area contributed by atoms with Crippen LogP contribution in [0.5, 0.6) is 11.5 Å². The number of allylic oxidation sites excluding steroid dienone is 1. The van der Waals surface area contributed by atoms with E-state index in [0.717, 1.165) is 5.39 Å². The summed E-state index contributed by atoms with van der Waals surface area (Å²) in [6.45, 7) is 12.7. The number of hydrogen-bond donors (Lipinski definition) is 2. The maximum atomic E-state index is 14.2. The van der Waals surface area contributed by atoms with Gasteiger partial charge in [-0.2, -0.15) is 11.8 Å². The summed E-state index contributed by atoms with van der Waals surface area (Å²) >= 11 is 1.41. The van der Waals surface area contributed by atoms with Gasteiger partial charge in [-0.25, -0.2) is 9.59 Å². The molecule has 1 aliphatic rings. The van der Waals surface area contributed by atoms with Gasteiger partial charge < -0.3 is 34.5 Å². The molecule has 1 aromatic carbocycles. The van der Waals surface area contributed by atoms with Crippen molar-refractivity contribution >= 4 is 46.5 Å². The smallest absolute Gasteiger partial charge is 0.408 e. The van der Waals surface area contributed by atoms with Crippen LogP contribution >= 0.6 is 11.8 Å². The van der Waals surface area contributed by atoms with Crippen molar-refractivity contribution in [3.63, 3.8) is 0 Å². The Morgan fingerprint density at radius 3 is 2.53 bits per heavy atom. The van der Waals surface area contributed by atoms with Gasteiger partial charge in [0.15, 0.2) is 0 Å². The molecule has 3 amide bonds. The van der Waals surface area contributed by atoms with Crippen LogP contribution in [0.15, 0.2) is 55.8 Å². The van der Waals surface area contributed by atoms with E-state index in [1.807, 2.05) is 6.07 Å². The number of aromatic nitrogens is 1. The molecule has 3 rings (SSSR count). The summed E-state index contributed by atoms with van der Waals surface area (Å²) in [5, 5.41) is 6.21. The van der Waals surface area contributed by atoms with Crippen molar-refractivity contribution < 1.29 is 38.1 Å². The summed E-state index contributed by atoms with van der Waals surface area (Å²) in [4.78, 5) is 59.2. The van der Waals surface area contributed by atoms with E-state index in [4.69, 9.17) is 18.9 Å². The van der Waals surface area contributed by atoms with Gasteiger partial charge in [0.25, 0.3) is 0 Å². The second kappa shape index (κ2) is 17.6. The van der Waals surface area contributed by atoms with Gasteiger partial charge in [0.05, 0.1) is 26.3 Å². The normalized spacial score (nSPS) is 17.3. The number of likely N-dealkylation sites (tertiary alicyclic amines) is 1. The number of amides is 3. The first-order valence-electron chi connectivity index (χ1n) is 15.5. The van der Waals surface area contributed by atoms with Crippen LogP contribution in [-0.2, 0) is 23.9 Å². The number of esters is 1. The third kappa shape index (κ3) is 10.9. The molecule has 2 heterocycles. The highest BCUT2D eigenvalue weighted by molar-refractivity contribution is 7.99. The summed E-state index contributed by atoms with van der Waals surface area (Å²) in [6, 6.07) is 4.22. The Bertz CT molecular complexity index is 1430. The quantitative estimate of drug-likeness (QED) is 0.150. The van der Waals surface area contributed by atoms with Crippen molar-refractivity contribution in [2.45, 2.75) is 76.3 Å². The number of thioether (sulfide) groups is 1. The summed E-state index contributed by atoms with van der Waals surface area (Å²) in [7, 11) is 2.82. The molecular weight excluding hydrogens is 624 g/mol. The first-order valence-corrected chi connectivity index (χ1v) is 16.6. The summed E-state index contributed by atoms with van der Waals surface area (Å²) in [6.07, 6.45) is 5.32. The molecule has 0 saturated carbocycles. The molecule has 1 aromatic heterocycles. The summed E-state index contributed by atoms with van der Waals surface area (Å²) < 4.78 is 22.1. The van der Waals surface area contributed by atoms with Gasteiger partial charge >= 0.3 is 12.1 Å². The third-order valence-corrected chi connectivity index (χ3v) is 8.30. The molecule has 0 bridgehead atoms. The van der Waals surface area contributed by atoms with Crippen LogP contribution in [0.1, 0.15) is 46.5 Å². The van der Waals surface area contributed by atoms with E-state index in [2.05, 4.69) is 28.8 Å². The van der Waals surface area contributed by atoms with Gasteiger partial charge in [0.2, 0.25) is 11.8 Å². The molecular formula is C34H46N4O8S. The predicted molar refractivity (Wildman–Crippen MR) is 182 cm³/mol. The van der Waals surface area contributed by atoms with Crippen molar-refractivity contribution in [2.75, 3.05) is 32.3 Å². The monoisotopic (exact) mass is 670 g/mol. The van der Waals surface area contributed by atoms with Gasteiger partial charge in [-0.3, -0.25) is 14.6 Å². The molecule has 1 fully saturated rings. The van der Waals surface area contributed by atoms with Crippen LogP contribution in [0.4, 0.5) is 4.79 Å². The van der Waals surface area contributed by atoms with Crippen molar-refractivity contribution in [3.05, 3.63) is 55.8 Å². The molecule has 256 valence electrons. The zero-order valence-corrected chi connectivity index (χ0v) is 28.6. The Kier molecular flexibility index (Phi) is 13.9. The van der Waals surface area contributed by atoms with Crippen LogP contribution in [0.2, 0.25) is 0 Å². The average Bonchev–Trinajstić information content (AvgIpc) is 3.46. The van der Waals surface area contributed by atoms with Crippen LogP contribution in [0.25, 0.3) is 10.9 Å². The van der Waals surface area contributed by atoms with E-state index in [1.165, 1.54) is 23.8 Å². The first-order chi connectivity index (χ1) is 22.4. The minimum atomic E-state index is -1.00. The molecule has 4 atom stereocenters. The second-order valence-electron chi connectivity index (χ2n) is 12.0. The highest BCUT2D eigenvalue weighted by atomic mass is 32.2. The van der Waals surface area contributed by atoms with Gasteiger partial charge in [-0.05, 0) is 58.2 Å². The topological polar surface area (TPSA) is 145 Å². The minimum absolute atomic E-state index is 0.0545. The van der Waals surface area contributed by atoms with Crippen LogP contribution < -0.4 is 20.1 Å². The maximum absolute atomic E-state index is 14.2. The number of fused-ring (bicyclic) bond motifs is 1. The number of methoxy groups -OCH3 is 2. The molecule has 13 heteroatoms. The lowest BCUT2D eigenvalue weighted by atomic mass is 10.1. The van der Waals surface area contributed by atoms with Crippen molar-refractivity contribution in [1.29, 1.82) is 0 Å². The Morgan fingerprint density at radius 1 is 1.11 bits per heavy atom. The lowest BCUT2D eigenvalue weighted by Gasteiger charge is -2.30. The molecule has 47 heavy (non-hydrogen) atoms.